The van der Waals surface area contributed by atoms with Gasteiger partial charge in [-0.3, -0.25) is 0 Å². The summed E-state index contributed by atoms with van der Waals surface area (Å²) in [5.74, 6) is 0. The molecule has 2 rings (SSSR count). The molecule has 3 heteroatoms. The first kappa shape index (κ1) is 14.0. The molecule has 0 saturated carbocycles. The first-order valence-corrected chi connectivity index (χ1v) is 8.03. The number of rotatable bonds is 4. The Morgan fingerprint density at radius 1 is 1.28 bits per heavy atom. The van der Waals surface area contributed by atoms with Crippen LogP contribution in [0, 0.1) is 16.7 Å². The van der Waals surface area contributed by atoms with E-state index in [1.807, 2.05) is 18.4 Å². The highest BCUT2D eigenvalue weighted by Gasteiger charge is 2.13. The molecule has 0 saturated heterocycles. The summed E-state index contributed by atoms with van der Waals surface area (Å²) in [4.78, 5) is 0. The second-order valence-electron chi connectivity index (χ2n) is 4.66. The molecule has 0 bridgehead atoms. The van der Waals surface area contributed by atoms with Gasteiger partial charge in [-0.25, -0.2) is 0 Å². The van der Waals surface area contributed by atoms with Crippen molar-refractivity contribution in [3.63, 3.8) is 0 Å². The number of benzene rings is 1. The maximum absolute atomic E-state index is 3.43. The SMILES string of the molecule is CNC(Cc1cc(C)ccc1C)c1csc(I)c1. The predicted octanol–water partition coefficient (Wildman–Crippen LogP) is 4.47. The average molecular weight is 371 g/mol. The van der Waals surface area contributed by atoms with E-state index in [1.165, 1.54) is 25.1 Å². The van der Waals surface area contributed by atoms with Gasteiger partial charge in [-0.1, -0.05) is 23.8 Å². The number of halogens is 1. The lowest BCUT2D eigenvalue weighted by Crippen LogP contribution is -2.18. The molecule has 2 aromatic rings. The van der Waals surface area contributed by atoms with Crippen LogP contribution in [0.25, 0.3) is 0 Å². The number of nitrogens with one attached hydrogen (secondary N) is 1. The van der Waals surface area contributed by atoms with Crippen molar-refractivity contribution in [1.29, 1.82) is 0 Å². The minimum atomic E-state index is 0.408. The van der Waals surface area contributed by atoms with E-state index in [2.05, 4.69) is 71.4 Å². The molecule has 1 nitrogen and oxygen atoms in total. The summed E-state index contributed by atoms with van der Waals surface area (Å²) in [6, 6.07) is 9.38. The Morgan fingerprint density at radius 3 is 2.67 bits per heavy atom. The zero-order valence-electron chi connectivity index (χ0n) is 11.0. The van der Waals surface area contributed by atoms with E-state index >= 15 is 0 Å². The van der Waals surface area contributed by atoms with Gasteiger partial charge in [-0.2, -0.15) is 0 Å². The van der Waals surface area contributed by atoms with Crippen molar-refractivity contribution in [2.45, 2.75) is 26.3 Å². The summed E-state index contributed by atoms with van der Waals surface area (Å²) in [7, 11) is 2.04. The Labute approximate surface area is 127 Å². The van der Waals surface area contributed by atoms with Crippen molar-refractivity contribution in [1.82, 2.24) is 5.32 Å². The van der Waals surface area contributed by atoms with Crippen molar-refractivity contribution in [3.05, 3.63) is 54.8 Å². The van der Waals surface area contributed by atoms with E-state index in [1.54, 1.807) is 0 Å². The van der Waals surface area contributed by atoms with Gasteiger partial charge in [0.15, 0.2) is 0 Å². The summed E-state index contributed by atoms with van der Waals surface area (Å²) in [6.07, 6.45) is 1.05. The van der Waals surface area contributed by atoms with E-state index in [0.29, 0.717) is 6.04 Å². The third-order valence-corrected chi connectivity index (χ3v) is 5.07. The number of likely N-dealkylation sites (N-methyl/N-ethyl adjacent to an activating group) is 1. The molecule has 0 radical (unpaired) electrons. The van der Waals surface area contributed by atoms with Crippen LogP contribution >= 0.6 is 33.9 Å². The fourth-order valence-electron chi connectivity index (χ4n) is 2.13. The number of thiophene rings is 1. The lowest BCUT2D eigenvalue weighted by Gasteiger charge is -2.17. The molecule has 1 aromatic heterocycles. The molecule has 0 amide bonds. The van der Waals surface area contributed by atoms with E-state index in [4.69, 9.17) is 0 Å². The summed E-state index contributed by atoms with van der Waals surface area (Å²) in [5.41, 5.74) is 5.56. The van der Waals surface area contributed by atoms with Gasteiger partial charge in [-0.05, 0) is 78.0 Å². The van der Waals surface area contributed by atoms with Crippen LogP contribution in [-0.4, -0.2) is 7.05 Å². The average Bonchev–Trinajstić information content (AvgIpc) is 2.77. The van der Waals surface area contributed by atoms with Gasteiger partial charge in [0.25, 0.3) is 0 Å². The van der Waals surface area contributed by atoms with Gasteiger partial charge in [0.05, 0.1) is 2.88 Å². The number of hydrogen-bond acceptors (Lipinski definition) is 2. The van der Waals surface area contributed by atoms with Crippen molar-refractivity contribution in [2.24, 2.45) is 0 Å². The molecule has 0 aliphatic rings. The van der Waals surface area contributed by atoms with E-state index < -0.39 is 0 Å². The van der Waals surface area contributed by atoms with Gasteiger partial charge in [-0.15, -0.1) is 11.3 Å². The summed E-state index contributed by atoms with van der Waals surface area (Å²) >= 11 is 4.20. The van der Waals surface area contributed by atoms with Crippen molar-refractivity contribution >= 4 is 33.9 Å². The lowest BCUT2D eigenvalue weighted by atomic mass is 9.96. The second-order valence-corrected chi connectivity index (χ2v) is 7.46. The Kier molecular flexibility index (Phi) is 4.81. The molecule has 1 atom stereocenters. The zero-order chi connectivity index (χ0) is 13.1. The second kappa shape index (κ2) is 6.17. The predicted molar refractivity (Wildman–Crippen MR) is 88.5 cm³/mol. The van der Waals surface area contributed by atoms with Gasteiger partial charge < -0.3 is 5.32 Å². The van der Waals surface area contributed by atoms with Crippen molar-refractivity contribution in [3.8, 4) is 0 Å². The molecule has 96 valence electrons. The highest BCUT2D eigenvalue weighted by Crippen LogP contribution is 2.26. The molecule has 1 N–H and O–H groups in total. The first-order chi connectivity index (χ1) is 8.60. The third-order valence-electron chi connectivity index (χ3n) is 3.27. The Balaban J connectivity index is 2.22. The van der Waals surface area contributed by atoms with Crippen LogP contribution in [-0.2, 0) is 6.42 Å². The van der Waals surface area contributed by atoms with Gasteiger partial charge in [0.1, 0.15) is 0 Å². The number of hydrogen-bond donors (Lipinski definition) is 1. The first-order valence-electron chi connectivity index (χ1n) is 6.07. The van der Waals surface area contributed by atoms with E-state index in [-0.39, 0.29) is 0 Å². The van der Waals surface area contributed by atoms with Gasteiger partial charge in [0.2, 0.25) is 0 Å². The summed E-state index contributed by atoms with van der Waals surface area (Å²) in [6.45, 7) is 4.35. The normalized spacial score (nSPS) is 12.7. The fraction of sp³-hybridized carbons (Fsp3) is 0.333. The highest BCUT2D eigenvalue weighted by atomic mass is 127. The van der Waals surface area contributed by atoms with Crippen LogP contribution in [0.2, 0.25) is 0 Å². The standard InChI is InChI=1S/C15H18INS/c1-10-4-5-11(2)12(6-10)7-14(17-3)13-8-15(16)18-9-13/h4-6,8-9,14,17H,7H2,1-3H3. The van der Waals surface area contributed by atoms with Crippen LogP contribution in [0.3, 0.4) is 0 Å². The van der Waals surface area contributed by atoms with Gasteiger partial charge in [0, 0.05) is 6.04 Å². The lowest BCUT2D eigenvalue weighted by molar-refractivity contribution is 0.592. The molecule has 0 fully saturated rings. The highest BCUT2D eigenvalue weighted by molar-refractivity contribution is 14.1. The zero-order valence-corrected chi connectivity index (χ0v) is 13.9. The van der Waals surface area contributed by atoms with Crippen molar-refractivity contribution < 1.29 is 0 Å². The number of aryl methyl sites for hydroxylation is 2. The maximum atomic E-state index is 3.43. The topological polar surface area (TPSA) is 12.0 Å². The van der Waals surface area contributed by atoms with Gasteiger partial charge >= 0.3 is 0 Å². The Bertz CT molecular complexity index is 533. The van der Waals surface area contributed by atoms with E-state index in [9.17, 15) is 0 Å². The molecular formula is C15H18INS. The molecule has 0 aliphatic heterocycles. The summed E-state index contributed by atoms with van der Waals surface area (Å²) in [5, 5.41) is 5.69. The quantitative estimate of drug-likeness (QED) is 0.782. The van der Waals surface area contributed by atoms with Crippen LogP contribution in [0.15, 0.2) is 29.6 Å². The Morgan fingerprint density at radius 2 is 2.06 bits per heavy atom. The molecular weight excluding hydrogens is 353 g/mol. The largest absolute Gasteiger partial charge is 0.313 e. The molecule has 1 aromatic carbocycles. The smallest absolute Gasteiger partial charge is 0.0656 e. The molecule has 0 spiro atoms. The maximum Gasteiger partial charge on any atom is 0.0656 e. The van der Waals surface area contributed by atoms with E-state index in [0.717, 1.165) is 6.42 Å². The van der Waals surface area contributed by atoms with Crippen LogP contribution < -0.4 is 5.32 Å². The monoisotopic (exact) mass is 371 g/mol. The van der Waals surface area contributed by atoms with Crippen LogP contribution in [0.5, 0.6) is 0 Å². The fourth-order valence-corrected chi connectivity index (χ4v) is 3.56. The third kappa shape index (κ3) is 3.33. The minimum Gasteiger partial charge on any atom is -0.313 e. The molecule has 0 aliphatic carbocycles. The van der Waals surface area contributed by atoms with Crippen LogP contribution in [0.1, 0.15) is 28.3 Å². The summed E-state index contributed by atoms with van der Waals surface area (Å²) < 4.78 is 1.35. The van der Waals surface area contributed by atoms with Crippen molar-refractivity contribution in [2.75, 3.05) is 7.05 Å². The molecule has 1 unspecified atom stereocenters. The molecule has 1 heterocycles. The van der Waals surface area contributed by atoms with Crippen LogP contribution in [0.4, 0.5) is 0 Å². The minimum absolute atomic E-state index is 0.408. The molecule has 18 heavy (non-hydrogen) atoms. The Hall–Kier alpha value is -0.390.